The SMILES string of the molecule is Cc1ccnc(NC(=O)C[C@H]2CC[C@H]3[C@@H]4CC[C@H]5N(C)C(=O)C=C[C@]5(C)[C@H]4CC[C@]23C)c1. The van der Waals surface area contributed by atoms with E-state index in [1.165, 1.54) is 25.7 Å². The summed E-state index contributed by atoms with van der Waals surface area (Å²) >= 11 is 0. The predicted molar refractivity (Wildman–Crippen MR) is 126 cm³/mol. The summed E-state index contributed by atoms with van der Waals surface area (Å²) in [5.41, 5.74) is 1.43. The lowest BCUT2D eigenvalue weighted by molar-refractivity contribution is -0.139. The van der Waals surface area contributed by atoms with Gasteiger partial charge in [-0.05, 0) is 98.3 Å². The number of pyridine rings is 1. The second-order valence-corrected chi connectivity index (χ2v) is 11.4. The summed E-state index contributed by atoms with van der Waals surface area (Å²) < 4.78 is 0. The largest absolute Gasteiger partial charge is 0.338 e. The van der Waals surface area contributed by atoms with Crippen molar-refractivity contribution in [1.29, 1.82) is 0 Å². The highest BCUT2D eigenvalue weighted by Crippen LogP contribution is 2.65. The molecule has 7 atom stereocenters. The van der Waals surface area contributed by atoms with E-state index in [9.17, 15) is 9.59 Å². The number of likely N-dealkylation sites (N-methyl/N-ethyl adjacent to an activating group) is 1. The highest BCUT2D eigenvalue weighted by molar-refractivity contribution is 5.90. The van der Waals surface area contributed by atoms with Gasteiger partial charge in [0.25, 0.3) is 0 Å². The van der Waals surface area contributed by atoms with Crippen molar-refractivity contribution in [3.63, 3.8) is 0 Å². The van der Waals surface area contributed by atoms with Crippen LogP contribution in [0.3, 0.4) is 0 Å². The molecule has 1 aromatic rings. The van der Waals surface area contributed by atoms with Gasteiger partial charge in [0.15, 0.2) is 0 Å². The van der Waals surface area contributed by atoms with Gasteiger partial charge in [0, 0.05) is 31.1 Å². The van der Waals surface area contributed by atoms with E-state index in [1.54, 1.807) is 6.20 Å². The number of aromatic nitrogens is 1. The Bertz CT molecular complexity index is 958. The molecular weight excluding hydrogens is 398 g/mol. The Morgan fingerprint density at radius 2 is 2.00 bits per heavy atom. The maximum absolute atomic E-state index is 12.9. The van der Waals surface area contributed by atoms with Gasteiger partial charge < -0.3 is 10.2 Å². The van der Waals surface area contributed by atoms with E-state index >= 15 is 0 Å². The number of aryl methyl sites for hydroxylation is 1. The van der Waals surface area contributed by atoms with E-state index in [-0.39, 0.29) is 22.6 Å². The number of carbonyl (C=O) groups is 2. The molecule has 0 spiro atoms. The summed E-state index contributed by atoms with van der Waals surface area (Å²) in [6, 6.07) is 4.21. The van der Waals surface area contributed by atoms with Crippen molar-refractivity contribution in [3.8, 4) is 0 Å². The highest BCUT2D eigenvalue weighted by atomic mass is 16.2. The fourth-order valence-electron chi connectivity index (χ4n) is 8.20. The average Bonchev–Trinajstić information content (AvgIpc) is 3.07. The first kappa shape index (κ1) is 21.7. The van der Waals surface area contributed by atoms with Gasteiger partial charge in [-0.2, -0.15) is 0 Å². The van der Waals surface area contributed by atoms with Crippen LogP contribution in [0.2, 0.25) is 0 Å². The topological polar surface area (TPSA) is 62.3 Å². The normalized spacial score (nSPS) is 40.4. The zero-order valence-corrected chi connectivity index (χ0v) is 19.9. The summed E-state index contributed by atoms with van der Waals surface area (Å²) in [7, 11) is 1.98. The van der Waals surface area contributed by atoms with Gasteiger partial charge in [-0.1, -0.05) is 19.9 Å². The van der Waals surface area contributed by atoms with Crippen LogP contribution in [0, 0.1) is 41.4 Å². The number of fused-ring (bicyclic) bond motifs is 5. The van der Waals surface area contributed by atoms with Crippen molar-refractivity contribution >= 4 is 17.6 Å². The number of nitrogens with zero attached hydrogens (tertiary/aromatic N) is 2. The summed E-state index contributed by atoms with van der Waals surface area (Å²) in [6.07, 6.45) is 13.5. The number of anilines is 1. The van der Waals surface area contributed by atoms with Gasteiger partial charge >= 0.3 is 0 Å². The Morgan fingerprint density at radius 3 is 2.78 bits per heavy atom. The van der Waals surface area contributed by atoms with Gasteiger partial charge in [-0.15, -0.1) is 0 Å². The molecule has 5 rings (SSSR count). The number of rotatable bonds is 3. The third-order valence-electron chi connectivity index (χ3n) is 9.94. The molecule has 32 heavy (non-hydrogen) atoms. The lowest BCUT2D eigenvalue weighted by Gasteiger charge is -2.60. The van der Waals surface area contributed by atoms with E-state index in [0.717, 1.165) is 18.4 Å². The highest BCUT2D eigenvalue weighted by Gasteiger charge is 2.60. The Hall–Kier alpha value is -2.17. The lowest BCUT2D eigenvalue weighted by atomic mass is 9.47. The Balaban J connectivity index is 1.31. The van der Waals surface area contributed by atoms with Crippen LogP contribution in [-0.2, 0) is 9.59 Å². The Kier molecular flexibility index (Phi) is 5.22. The second-order valence-electron chi connectivity index (χ2n) is 11.4. The number of carbonyl (C=O) groups excluding carboxylic acids is 2. The third kappa shape index (κ3) is 3.31. The maximum atomic E-state index is 12.9. The van der Waals surface area contributed by atoms with Gasteiger partial charge in [0.05, 0.1) is 0 Å². The molecule has 3 fully saturated rings. The minimum Gasteiger partial charge on any atom is -0.338 e. The number of nitrogens with one attached hydrogen (secondary N) is 1. The molecule has 1 N–H and O–H groups in total. The average molecular weight is 436 g/mol. The zero-order valence-electron chi connectivity index (χ0n) is 19.9. The summed E-state index contributed by atoms with van der Waals surface area (Å²) in [4.78, 5) is 31.5. The Labute approximate surface area is 192 Å². The summed E-state index contributed by atoms with van der Waals surface area (Å²) in [5.74, 6) is 3.38. The van der Waals surface area contributed by atoms with Gasteiger partial charge in [-0.25, -0.2) is 4.98 Å². The zero-order chi connectivity index (χ0) is 22.7. The maximum Gasteiger partial charge on any atom is 0.246 e. The van der Waals surface area contributed by atoms with Crippen molar-refractivity contribution in [3.05, 3.63) is 36.0 Å². The van der Waals surface area contributed by atoms with E-state index in [2.05, 4.69) is 30.2 Å². The summed E-state index contributed by atoms with van der Waals surface area (Å²) in [5, 5.41) is 3.03. The Morgan fingerprint density at radius 1 is 1.19 bits per heavy atom. The molecule has 5 nitrogen and oxygen atoms in total. The minimum atomic E-state index is 0.0825. The van der Waals surface area contributed by atoms with Crippen molar-refractivity contribution in [1.82, 2.24) is 9.88 Å². The van der Waals surface area contributed by atoms with Crippen molar-refractivity contribution < 1.29 is 9.59 Å². The summed E-state index contributed by atoms with van der Waals surface area (Å²) in [6.45, 7) is 6.87. The molecule has 1 aliphatic heterocycles. The van der Waals surface area contributed by atoms with Gasteiger partial charge in [0.1, 0.15) is 5.82 Å². The molecule has 5 heteroatoms. The van der Waals surface area contributed by atoms with Crippen molar-refractivity contribution in [2.24, 2.45) is 34.5 Å². The van der Waals surface area contributed by atoms with Gasteiger partial charge in [-0.3, -0.25) is 9.59 Å². The molecule has 172 valence electrons. The van der Waals surface area contributed by atoms with Crippen molar-refractivity contribution in [2.45, 2.75) is 71.8 Å². The molecular formula is C27H37N3O2. The van der Waals surface area contributed by atoms with Crippen LogP contribution in [0.25, 0.3) is 0 Å². The molecule has 0 radical (unpaired) electrons. The van der Waals surface area contributed by atoms with Crippen LogP contribution in [0.5, 0.6) is 0 Å². The smallest absolute Gasteiger partial charge is 0.246 e. The molecule has 0 unspecified atom stereocenters. The fourth-order valence-corrected chi connectivity index (χ4v) is 8.20. The molecule has 0 saturated heterocycles. The second kappa shape index (κ2) is 7.71. The molecule has 4 aliphatic rings. The van der Waals surface area contributed by atoms with Crippen LogP contribution < -0.4 is 5.32 Å². The van der Waals surface area contributed by atoms with Crippen LogP contribution in [0.4, 0.5) is 5.82 Å². The first-order valence-electron chi connectivity index (χ1n) is 12.4. The third-order valence-corrected chi connectivity index (χ3v) is 9.94. The van der Waals surface area contributed by atoms with E-state index < -0.39 is 0 Å². The van der Waals surface area contributed by atoms with E-state index in [4.69, 9.17) is 0 Å². The molecule has 0 bridgehead atoms. The minimum absolute atomic E-state index is 0.0825. The molecule has 3 saturated carbocycles. The molecule has 1 aromatic heterocycles. The molecule has 0 aromatic carbocycles. The van der Waals surface area contributed by atoms with Crippen LogP contribution in [0.15, 0.2) is 30.5 Å². The van der Waals surface area contributed by atoms with E-state index in [0.29, 0.717) is 42.0 Å². The first-order valence-corrected chi connectivity index (χ1v) is 12.4. The molecule has 2 heterocycles. The standard InChI is InChI=1S/C27H37N3O2/c1-17-11-14-28-23(15-17)29-24(31)16-18-5-7-20-19-6-8-22-27(3,13-10-25(32)30(22)4)21(19)9-12-26(18,20)2/h10-11,13-15,18-22H,5-9,12,16H2,1-4H3,(H,28,29,31)/t18-,19+,20+,21+,22-,26-,27-/m1/s1. The van der Waals surface area contributed by atoms with Crippen LogP contribution >= 0.6 is 0 Å². The van der Waals surface area contributed by atoms with Gasteiger partial charge in [0.2, 0.25) is 11.8 Å². The van der Waals surface area contributed by atoms with Crippen molar-refractivity contribution in [2.75, 3.05) is 12.4 Å². The predicted octanol–water partition coefficient (Wildman–Crippen LogP) is 4.97. The first-order chi connectivity index (χ1) is 15.2. The monoisotopic (exact) mass is 435 g/mol. The number of hydrogen-bond donors (Lipinski definition) is 1. The van der Waals surface area contributed by atoms with Crippen LogP contribution in [-0.4, -0.2) is 34.8 Å². The lowest BCUT2D eigenvalue weighted by Crippen LogP contribution is -2.59. The van der Waals surface area contributed by atoms with E-state index in [1.807, 2.05) is 37.1 Å². The number of amides is 2. The van der Waals surface area contributed by atoms with Crippen LogP contribution in [0.1, 0.15) is 64.4 Å². The number of hydrogen-bond acceptors (Lipinski definition) is 3. The fraction of sp³-hybridized carbons (Fsp3) is 0.667. The quantitative estimate of drug-likeness (QED) is 0.729. The molecule has 2 amide bonds. The molecule has 3 aliphatic carbocycles.